The first-order chi connectivity index (χ1) is 13.6. The van der Waals surface area contributed by atoms with E-state index in [-0.39, 0.29) is 11.9 Å². The van der Waals surface area contributed by atoms with Crippen molar-refractivity contribution in [1.82, 2.24) is 4.98 Å². The molecule has 2 fully saturated rings. The Labute approximate surface area is 163 Å². The molecule has 2 aliphatic carbocycles. The number of esters is 1. The van der Waals surface area contributed by atoms with Gasteiger partial charge in [0, 0.05) is 11.8 Å². The highest BCUT2D eigenvalue weighted by molar-refractivity contribution is 6.02. The third kappa shape index (κ3) is 2.37. The van der Waals surface area contributed by atoms with Gasteiger partial charge in [-0.2, -0.15) is 0 Å². The van der Waals surface area contributed by atoms with Crippen LogP contribution in [-0.2, 0) is 20.9 Å². The first-order valence-corrected chi connectivity index (χ1v) is 9.77. The van der Waals surface area contributed by atoms with Crippen molar-refractivity contribution in [3.8, 4) is 0 Å². The summed E-state index contributed by atoms with van der Waals surface area (Å²) in [6.45, 7) is 0.471. The van der Waals surface area contributed by atoms with E-state index in [2.05, 4.69) is 10.3 Å². The molecular weight excluding hydrogens is 354 g/mol. The summed E-state index contributed by atoms with van der Waals surface area (Å²) in [7, 11) is 1.44. The largest absolute Gasteiger partial charge is 0.469 e. The normalized spacial score (nSPS) is 27.4. The summed E-state index contributed by atoms with van der Waals surface area (Å²) in [6.07, 6.45) is 5.30. The smallest absolute Gasteiger partial charge is 0.311 e. The Morgan fingerprint density at radius 1 is 1.07 bits per heavy atom. The fourth-order valence-corrected chi connectivity index (χ4v) is 5.33. The van der Waals surface area contributed by atoms with Gasteiger partial charge < -0.3 is 15.0 Å². The lowest BCUT2D eigenvalue weighted by molar-refractivity contribution is -0.152. The predicted molar refractivity (Wildman–Crippen MR) is 105 cm³/mol. The Hall–Kier alpha value is -2.89. The molecule has 0 saturated heterocycles. The number of pyridine rings is 1. The quantitative estimate of drug-likeness (QED) is 0.806. The number of para-hydroxylation sites is 2. The van der Waals surface area contributed by atoms with Gasteiger partial charge in [0.15, 0.2) is 0 Å². The van der Waals surface area contributed by atoms with Gasteiger partial charge in [0.25, 0.3) is 0 Å². The second-order valence-corrected chi connectivity index (χ2v) is 8.27. The molecule has 1 aromatic heterocycles. The topological polar surface area (TPSA) is 71.5 Å². The van der Waals surface area contributed by atoms with E-state index in [4.69, 9.17) is 4.74 Å². The Balaban J connectivity index is 1.54. The lowest BCUT2D eigenvalue weighted by atomic mass is 9.81. The van der Waals surface area contributed by atoms with Crippen molar-refractivity contribution in [2.75, 3.05) is 17.3 Å². The van der Waals surface area contributed by atoms with Gasteiger partial charge in [0.05, 0.1) is 35.9 Å². The zero-order chi connectivity index (χ0) is 19.4. The Bertz CT molecular complexity index is 963. The average Bonchev–Trinajstić information content (AvgIpc) is 3.26. The molecule has 1 aliphatic heterocycles. The van der Waals surface area contributed by atoms with E-state index in [0.717, 1.165) is 48.4 Å². The maximum atomic E-state index is 13.9. The molecule has 1 N–H and O–H groups in total. The third-order valence-corrected chi connectivity index (χ3v) is 6.83. The van der Waals surface area contributed by atoms with E-state index in [9.17, 15) is 9.59 Å². The monoisotopic (exact) mass is 377 g/mol. The van der Waals surface area contributed by atoms with Crippen LogP contribution >= 0.6 is 0 Å². The summed E-state index contributed by atoms with van der Waals surface area (Å²) >= 11 is 0. The number of hydrogen-bond donors (Lipinski definition) is 1. The van der Waals surface area contributed by atoms with Crippen molar-refractivity contribution in [1.29, 1.82) is 0 Å². The molecule has 2 saturated carbocycles. The molecule has 0 unspecified atom stereocenters. The predicted octanol–water partition coefficient (Wildman–Crippen LogP) is 3.80. The number of methoxy groups -OCH3 is 1. The Morgan fingerprint density at radius 3 is 2.61 bits per heavy atom. The minimum absolute atomic E-state index is 0.113. The molecule has 6 nitrogen and oxygen atoms in total. The molecule has 6 heteroatoms. The van der Waals surface area contributed by atoms with Crippen molar-refractivity contribution >= 4 is 29.1 Å². The number of benzene rings is 1. The van der Waals surface area contributed by atoms with Crippen LogP contribution in [0, 0.1) is 10.8 Å². The van der Waals surface area contributed by atoms with E-state index in [1.807, 2.05) is 41.3 Å². The highest BCUT2D eigenvalue weighted by atomic mass is 16.5. The van der Waals surface area contributed by atoms with Crippen LogP contribution in [0.15, 0.2) is 42.6 Å². The van der Waals surface area contributed by atoms with Crippen LogP contribution in [0.25, 0.3) is 0 Å². The number of nitrogens with one attached hydrogen (secondary N) is 1. The molecule has 5 rings (SSSR count). The number of nitrogens with zero attached hydrogens (tertiary/aromatic N) is 2. The van der Waals surface area contributed by atoms with Crippen molar-refractivity contribution in [3.63, 3.8) is 0 Å². The van der Waals surface area contributed by atoms with Crippen LogP contribution in [0.2, 0.25) is 0 Å². The van der Waals surface area contributed by atoms with E-state index in [1.54, 1.807) is 6.20 Å². The standard InChI is InChI=1S/C22H23N3O3/c1-28-20(27)22-10-8-21(14-22,9-11-22)19(26)25-13-15-5-4-12-23-18(15)24-16-6-2-3-7-17(16)25/h2-7,12H,8-11,13-14H2,1H3,(H,23,24). The molecule has 0 radical (unpaired) electrons. The number of hydrogen-bond acceptors (Lipinski definition) is 5. The van der Waals surface area contributed by atoms with Crippen LogP contribution in [0.4, 0.5) is 17.2 Å². The lowest BCUT2D eigenvalue weighted by Crippen LogP contribution is -2.41. The second-order valence-electron chi connectivity index (χ2n) is 8.27. The van der Waals surface area contributed by atoms with Crippen molar-refractivity contribution in [3.05, 3.63) is 48.2 Å². The number of amides is 1. The van der Waals surface area contributed by atoms with Gasteiger partial charge in [-0.15, -0.1) is 0 Å². The molecule has 2 heterocycles. The molecule has 1 amide bonds. The second kappa shape index (κ2) is 6.06. The number of carbonyl (C=O) groups is 2. The Morgan fingerprint density at radius 2 is 1.82 bits per heavy atom. The molecule has 2 bridgehead atoms. The summed E-state index contributed by atoms with van der Waals surface area (Å²) in [5.41, 5.74) is 1.77. The molecule has 1 aromatic carbocycles. The summed E-state index contributed by atoms with van der Waals surface area (Å²) in [6, 6.07) is 11.7. The van der Waals surface area contributed by atoms with Gasteiger partial charge in [-0.25, -0.2) is 4.98 Å². The van der Waals surface area contributed by atoms with Crippen molar-refractivity contribution in [2.24, 2.45) is 10.8 Å². The highest BCUT2D eigenvalue weighted by Gasteiger charge is 2.62. The van der Waals surface area contributed by atoms with Crippen molar-refractivity contribution in [2.45, 2.75) is 38.6 Å². The van der Waals surface area contributed by atoms with Crippen LogP contribution in [0.1, 0.15) is 37.7 Å². The third-order valence-electron chi connectivity index (χ3n) is 6.83. The molecule has 144 valence electrons. The van der Waals surface area contributed by atoms with E-state index in [1.165, 1.54) is 7.11 Å². The van der Waals surface area contributed by atoms with Crippen LogP contribution in [0.5, 0.6) is 0 Å². The van der Waals surface area contributed by atoms with E-state index >= 15 is 0 Å². The summed E-state index contributed by atoms with van der Waals surface area (Å²) in [4.78, 5) is 32.6. The first-order valence-electron chi connectivity index (χ1n) is 9.77. The van der Waals surface area contributed by atoms with Crippen LogP contribution in [0.3, 0.4) is 0 Å². The van der Waals surface area contributed by atoms with Gasteiger partial charge in [-0.05, 0) is 50.3 Å². The van der Waals surface area contributed by atoms with Crippen LogP contribution in [-0.4, -0.2) is 24.0 Å². The van der Waals surface area contributed by atoms with Crippen molar-refractivity contribution < 1.29 is 14.3 Å². The van der Waals surface area contributed by atoms with E-state index in [0.29, 0.717) is 13.0 Å². The average molecular weight is 377 g/mol. The highest BCUT2D eigenvalue weighted by Crippen LogP contribution is 2.63. The first kappa shape index (κ1) is 17.2. The Kier molecular flexibility index (Phi) is 3.73. The molecule has 0 atom stereocenters. The molecule has 28 heavy (non-hydrogen) atoms. The zero-order valence-electron chi connectivity index (χ0n) is 15.9. The summed E-state index contributed by atoms with van der Waals surface area (Å²) < 4.78 is 5.07. The number of rotatable bonds is 2. The molecule has 0 spiro atoms. The number of ether oxygens (including phenoxy) is 1. The summed E-state index contributed by atoms with van der Waals surface area (Å²) in [5, 5.41) is 3.38. The maximum Gasteiger partial charge on any atom is 0.311 e. The van der Waals surface area contributed by atoms with Gasteiger partial charge in [0.2, 0.25) is 5.91 Å². The number of carbonyl (C=O) groups excluding carboxylic acids is 2. The van der Waals surface area contributed by atoms with E-state index < -0.39 is 10.8 Å². The fraction of sp³-hybridized carbons (Fsp3) is 0.409. The SMILES string of the molecule is COC(=O)C12CCC(C(=O)N3Cc4cccnc4Nc4ccccc43)(CC1)C2. The zero-order valence-corrected chi connectivity index (χ0v) is 15.9. The number of aromatic nitrogens is 1. The minimum atomic E-state index is -0.479. The number of anilines is 3. The maximum absolute atomic E-state index is 13.9. The van der Waals surface area contributed by atoms with Crippen LogP contribution < -0.4 is 10.2 Å². The fourth-order valence-electron chi connectivity index (χ4n) is 5.33. The lowest BCUT2D eigenvalue weighted by Gasteiger charge is -2.33. The number of fused-ring (bicyclic) bond motifs is 4. The van der Waals surface area contributed by atoms with Gasteiger partial charge in [0.1, 0.15) is 5.82 Å². The van der Waals surface area contributed by atoms with Gasteiger partial charge >= 0.3 is 5.97 Å². The minimum Gasteiger partial charge on any atom is -0.469 e. The summed E-state index contributed by atoms with van der Waals surface area (Å²) in [5.74, 6) is 0.735. The molecule has 3 aliphatic rings. The van der Waals surface area contributed by atoms with Gasteiger partial charge in [-0.3, -0.25) is 9.59 Å². The molecular formula is C22H23N3O3. The molecule has 2 aromatic rings. The van der Waals surface area contributed by atoms with Gasteiger partial charge in [-0.1, -0.05) is 18.2 Å².